The molecule has 4 heterocycles. The van der Waals surface area contributed by atoms with Gasteiger partial charge in [-0.05, 0) is 43.7 Å². The lowest BCUT2D eigenvalue weighted by Gasteiger charge is -2.24. The normalized spacial score (nSPS) is 12.0. The molecule has 2 aromatic carbocycles. The Hall–Kier alpha value is -4.96. The van der Waals surface area contributed by atoms with Gasteiger partial charge in [-0.15, -0.1) is 22.0 Å². The van der Waals surface area contributed by atoms with E-state index in [-0.39, 0.29) is 4.75 Å². The third kappa shape index (κ3) is 7.28. The molecule has 1 N–H and O–H groups in total. The predicted octanol–water partition coefficient (Wildman–Crippen LogP) is 8.22. The molecule has 0 aliphatic rings. The molecule has 0 atom stereocenters. The molecule has 9 nitrogen and oxygen atoms in total. The molecule has 0 saturated carbocycles. The number of carbonyl (C=O) groups is 1. The van der Waals surface area contributed by atoms with E-state index in [1.165, 1.54) is 0 Å². The van der Waals surface area contributed by atoms with Gasteiger partial charge < -0.3 is 19.1 Å². The first-order valence-electron chi connectivity index (χ1n) is 15.8. The van der Waals surface area contributed by atoms with E-state index in [0.717, 1.165) is 55.0 Å². The lowest BCUT2D eigenvalue weighted by Crippen LogP contribution is -2.28. The van der Waals surface area contributed by atoms with E-state index in [1.54, 1.807) is 45.0 Å². The van der Waals surface area contributed by atoms with Crippen LogP contribution in [0.15, 0.2) is 90.0 Å². The summed E-state index contributed by atoms with van der Waals surface area (Å²) in [6.07, 6.45) is 2.07. The molecule has 0 spiro atoms. The van der Waals surface area contributed by atoms with Crippen molar-refractivity contribution in [1.29, 1.82) is 0 Å². The van der Waals surface area contributed by atoms with E-state index in [2.05, 4.69) is 47.7 Å². The minimum absolute atomic E-state index is 0.145. The average Bonchev–Trinajstić information content (AvgIpc) is 3.33. The molecule has 6 rings (SSSR count). The van der Waals surface area contributed by atoms with Gasteiger partial charge in [-0.1, -0.05) is 69.3 Å². The zero-order valence-electron chi connectivity index (χ0n) is 28.0. The number of ether oxygens (including phenoxy) is 2. The molecule has 0 unspecified atom stereocenters. The summed E-state index contributed by atoms with van der Waals surface area (Å²) in [6.45, 7) is 10.8. The summed E-state index contributed by atoms with van der Waals surface area (Å²) in [5, 5.41) is 20.5. The molecule has 246 valence electrons. The highest BCUT2D eigenvalue weighted by atomic mass is 32.2. The SMILES string of the molecule is COc1ccc(-c2ccc(Cn3c(CC(C)(C)C(=O)O)c(SC(C)(C)C)c4cc(OCc5ccc6ccccc6n5)cnc43)cc2)nn1. The minimum Gasteiger partial charge on any atom is -0.486 e. The van der Waals surface area contributed by atoms with Crippen LogP contribution in [0, 0.1) is 5.41 Å². The molecule has 0 aliphatic carbocycles. The average molecular weight is 662 g/mol. The maximum absolute atomic E-state index is 12.4. The Morgan fingerprint density at radius 3 is 2.40 bits per heavy atom. The fourth-order valence-electron chi connectivity index (χ4n) is 5.46. The van der Waals surface area contributed by atoms with E-state index in [4.69, 9.17) is 19.4 Å². The summed E-state index contributed by atoms with van der Waals surface area (Å²) in [5.74, 6) is 0.234. The van der Waals surface area contributed by atoms with Crippen LogP contribution in [-0.2, 0) is 24.4 Å². The molecule has 0 amide bonds. The van der Waals surface area contributed by atoms with Crippen molar-refractivity contribution in [3.8, 4) is 22.9 Å². The van der Waals surface area contributed by atoms with Crippen LogP contribution in [0.2, 0.25) is 0 Å². The van der Waals surface area contributed by atoms with Gasteiger partial charge in [0.1, 0.15) is 18.0 Å². The highest BCUT2D eigenvalue weighted by Crippen LogP contribution is 2.43. The van der Waals surface area contributed by atoms with Gasteiger partial charge in [0.15, 0.2) is 0 Å². The summed E-state index contributed by atoms with van der Waals surface area (Å²) >= 11 is 1.72. The number of thioether (sulfide) groups is 1. The molecule has 0 radical (unpaired) electrons. The molecule has 0 bridgehead atoms. The maximum Gasteiger partial charge on any atom is 0.309 e. The standard InChI is InChI=1S/C38H39N5O4S/c1-37(2,3)48-34-29-19-28(47-23-27-16-15-25-9-7-8-10-30(25)40-27)21-39-35(29)43(32(34)20-38(4,5)36(44)45)22-24-11-13-26(14-12-24)31-17-18-33(46-6)42-41-31/h7-19,21H,20,22-23H2,1-6H3,(H,44,45). The number of nitrogens with zero attached hydrogens (tertiary/aromatic N) is 5. The second-order valence-corrected chi connectivity index (χ2v) is 15.3. The van der Waals surface area contributed by atoms with Crippen molar-refractivity contribution < 1.29 is 19.4 Å². The monoisotopic (exact) mass is 661 g/mol. The van der Waals surface area contributed by atoms with Gasteiger partial charge in [-0.25, -0.2) is 9.97 Å². The van der Waals surface area contributed by atoms with Crippen molar-refractivity contribution in [2.24, 2.45) is 5.41 Å². The first kappa shape index (κ1) is 33.0. The van der Waals surface area contributed by atoms with Crippen molar-refractivity contribution in [2.45, 2.75) is 63.8 Å². The summed E-state index contributed by atoms with van der Waals surface area (Å²) in [4.78, 5) is 23.1. The van der Waals surface area contributed by atoms with Crippen LogP contribution < -0.4 is 9.47 Å². The van der Waals surface area contributed by atoms with E-state index >= 15 is 0 Å². The van der Waals surface area contributed by atoms with Crippen LogP contribution in [0.25, 0.3) is 33.2 Å². The van der Waals surface area contributed by atoms with Crippen LogP contribution >= 0.6 is 11.8 Å². The number of aliphatic carboxylic acids is 1. The van der Waals surface area contributed by atoms with Gasteiger partial charge in [-0.2, -0.15) is 0 Å². The Labute approximate surface area is 284 Å². The van der Waals surface area contributed by atoms with Crippen molar-refractivity contribution >= 4 is 39.7 Å². The molecule has 48 heavy (non-hydrogen) atoms. The zero-order chi connectivity index (χ0) is 34.1. The Morgan fingerprint density at radius 1 is 0.938 bits per heavy atom. The fourth-order valence-corrected chi connectivity index (χ4v) is 6.63. The van der Waals surface area contributed by atoms with Crippen molar-refractivity contribution in [2.75, 3.05) is 7.11 Å². The number of carboxylic acid groups (broad SMARTS) is 1. The Bertz CT molecular complexity index is 2080. The number of hydrogen-bond acceptors (Lipinski definition) is 8. The van der Waals surface area contributed by atoms with Crippen molar-refractivity contribution in [1.82, 2.24) is 24.7 Å². The minimum atomic E-state index is -1.00. The molecule has 10 heteroatoms. The van der Waals surface area contributed by atoms with Crippen LogP contribution in [0.4, 0.5) is 0 Å². The predicted molar refractivity (Wildman–Crippen MR) is 190 cm³/mol. The van der Waals surface area contributed by atoms with Gasteiger partial charge in [0.2, 0.25) is 5.88 Å². The fraction of sp³-hybridized carbons (Fsp3) is 0.289. The van der Waals surface area contributed by atoms with Gasteiger partial charge in [0, 0.05) is 50.7 Å². The van der Waals surface area contributed by atoms with Gasteiger partial charge in [-0.3, -0.25) is 4.79 Å². The van der Waals surface area contributed by atoms with Gasteiger partial charge in [0.05, 0.1) is 35.6 Å². The first-order chi connectivity index (χ1) is 22.9. The van der Waals surface area contributed by atoms with Crippen LogP contribution in [0.3, 0.4) is 0 Å². The lowest BCUT2D eigenvalue weighted by molar-refractivity contribution is -0.146. The van der Waals surface area contributed by atoms with Gasteiger partial charge >= 0.3 is 5.97 Å². The quantitative estimate of drug-likeness (QED) is 0.137. The Kier molecular flexibility index (Phi) is 9.11. The summed E-state index contributed by atoms with van der Waals surface area (Å²) < 4.78 is 13.4. The number of benzene rings is 2. The van der Waals surface area contributed by atoms with E-state index < -0.39 is 11.4 Å². The molecule has 4 aromatic heterocycles. The van der Waals surface area contributed by atoms with Gasteiger partial charge in [0.25, 0.3) is 0 Å². The van der Waals surface area contributed by atoms with E-state index in [0.29, 0.717) is 31.2 Å². The highest BCUT2D eigenvalue weighted by Gasteiger charge is 2.33. The number of rotatable bonds is 11. The summed E-state index contributed by atoms with van der Waals surface area (Å²) in [5.41, 5.74) is 5.17. The van der Waals surface area contributed by atoms with Crippen molar-refractivity contribution in [3.63, 3.8) is 0 Å². The highest BCUT2D eigenvalue weighted by molar-refractivity contribution is 8.00. The van der Waals surface area contributed by atoms with Crippen LogP contribution in [0.1, 0.15) is 51.6 Å². The molecular weight excluding hydrogens is 623 g/mol. The number of methoxy groups -OCH3 is 1. The molecule has 0 aliphatic heterocycles. The third-order valence-corrected chi connectivity index (χ3v) is 9.28. The van der Waals surface area contributed by atoms with Crippen LogP contribution in [0.5, 0.6) is 11.6 Å². The second kappa shape index (κ2) is 13.3. The number of hydrogen-bond donors (Lipinski definition) is 1. The molecular formula is C38H39N5O4S. The maximum atomic E-state index is 12.4. The third-order valence-electron chi connectivity index (χ3n) is 8.01. The van der Waals surface area contributed by atoms with Crippen molar-refractivity contribution in [3.05, 3.63) is 102 Å². The van der Waals surface area contributed by atoms with Crippen LogP contribution in [-0.4, -0.2) is 47.7 Å². The number of para-hydroxylation sites is 1. The summed E-state index contributed by atoms with van der Waals surface area (Å²) in [7, 11) is 1.56. The Morgan fingerprint density at radius 2 is 1.71 bits per heavy atom. The Balaban J connectivity index is 1.38. The largest absolute Gasteiger partial charge is 0.486 e. The smallest absolute Gasteiger partial charge is 0.309 e. The first-order valence-corrected chi connectivity index (χ1v) is 16.6. The molecule has 0 fully saturated rings. The number of fused-ring (bicyclic) bond motifs is 2. The number of carboxylic acids is 1. The zero-order valence-corrected chi connectivity index (χ0v) is 28.8. The summed E-state index contributed by atoms with van der Waals surface area (Å²) in [6, 6.07) is 25.9. The second-order valence-electron chi connectivity index (χ2n) is 13.4. The molecule has 0 saturated heterocycles. The number of aromatic nitrogens is 5. The lowest BCUT2D eigenvalue weighted by atomic mass is 9.88. The van der Waals surface area contributed by atoms with E-state index in [9.17, 15) is 9.90 Å². The molecule has 6 aromatic rings. The van der Waals surface area contributed by atoms with E-state index in [1.807, 2.05) is 60.7 Å². The number of pyridine rings is 2. The topological polar surface area (TPSA) is 112 Å².